The largest absolute Gasteiger partial charge is 0.478 e. The predicted molar refractivity (Wildman–Crippen MR) is 52.2 cm³/mol. The molecule has 0 spiro atoms. The molecule has 2 heterocycles. The first kappa shape index (κ1) is 8.62. The van der Waals surface area contributed by atoms with E-state index in [1.807, 2.05) is 29.9 Å². The van der Waals surface area contributed by atoms with E-state index in [-0.39, 0.29) is 0 Å². The lowest BCUT2D eigenvalue weighted by Gasteiger charge is -2.02. The number of carbonyl (C=O) groups is 1. The molecule has 4 heteroatoms. The lowest BCUT2D eigenvalue weighted by molar-refractivity contribution is 0.0698. The van der Waals surface area contributed by atoms with Gasteiger partial charge in [0.05, 0.1) is 17.0 Å². The van der Waals surface area contributed by atoms with Crippen molar-refractivity contribution in [1.29, 1.82) is 0 Å². The highest BCUT2D eigenvalue weighted by Gasteiger charge is 2.13. The Morgan fingerprint density at radius 1 is 1.50 bits per heavy atom. The fourth-order valence-corrected chi connectivity index (χ4v) is 1.48. The van der Waals surface area contributed by atoms with Gasteiger partial charge < -0.3 is 14.7 Å². The molecule has 2 aromatic rings. The molecule has 0 fully saturated rings. The Bertz CT molecular complexity index is 468. The van der Waals surface area contributed by atoms with Crippen LogP contribution in [0.15, 0.2) is 30.6 Å². The number of carboxylic acid groups (broad SMARTS) is 1. The van der Waals surface area contributed by atoms with Gasteiger partial charge in [0, 0.05) is 19.4 Å². The minimum Gasteiger partial charge on any atom is -0.478 e. The molecule has 2 N–H and O–H groups in total. The summed E-state index contributed by atoms with van der Waals surface area (Å²) in [6.07, 6.45) is 3.51. The Hall–Kier alpha value is -1.97. The Morgan fingerprint density at radius 3 is 2.86 bits per heavy atom. The lowest BCUT2D eigenvalue weighted by atomic mass is 10.2. The van der Waals surface area contributed by atoms with Gasteiger partial charge in [-0.05, 0) is 18.2 Å². The third-order valence-electron chi connectivity index (χ3n) is 2.18. The Labute approximate surface area is 80.8 Å². The predicted octanol–water partition coefficient (Wildman–Crippen LogP) is 1.72. The van der Waals surface area contributed by atoms with E-state index >= 15 is 0 Å². The number of rotatable bonds is 2. The van der Waals surface area contributed by atoms with Crippen LogP contribution in [0.1, 0.15) is 10.4 Å². The molecule has 0 radical (unpaired) electrons. The van der Waals surface area contributed by atoms with Crippen LogP contribution in [-0.2, 0) is 7.05 Å². The smallest absolute Gasteiger partial charge is 0.337 e. The third kappa shape index (κ3) is 1.21. The molecule has 0 aliphatic heterocycles. The molecule has 0 aromatic carbocycles. The molecule has 0 bridgehead atoms. The van der Waals surface area contributed by atoms with E-state index in [2.05, 4.69) is 4.98 Å². The summed E-state index contributed by atoms with van der Waals surface area (Å²) in [5.41, 5.74) is 1.81. The van der Waals surface area contributed by atoms with Gasteiger partial charge in [0.25, 0.3) is 0 Å². The summed E-state index contributed by atoms with van der Waals surface area (Å²) in [4.78, 5) is 13.8. The number of aromatic carboxylic acids is 1. The molecular weight excluding hydrogens is 180 g/mol. The highest BCUT2D eigenvalue weighted by atomic mass is 16.4. The summed E-state index contributed by atoms with van der Waals surface area (Å²) < 4.78 is 1.87. The van der Waals surface area contributed by atoms with E-state index in [1.54, 1.807) is 12.3 Å². The fraction of sp³-hybridized carbons (Fsp3) is 0.100. The summed E-state index contributed by atoms with van der Waals surface area (Å²) in [7, 11) is 1.88. The van der Waals surface area contributed by atoms with E-state index in [4.69, 9.17) is 5.11 Å². The molecule has 2 rings (SSSR count). The van der Waals surface area contributed by atoms with E-state index in [0.717, 1.165) is 5.69 Å². The average Bonchev–Trinajstić information content (AvgIpc) is 2.70. The fourth-order valence-electron chi connectivity index (χ4n) is 1.48. The van der Waals surface area contributed by atoms with Crippen molar-refractivity contribution in [3.05, 3.63) is 36.2 Å². The number of H-pyrrole nitrogens is 1. The van der Waals surface area contributed by atoms with Crippen molar-refractivity contribution in [3.8, 4) is 11.4 Å². The topological polar surface area (TPSA) is 58.0 Å². The second-order valence-corrected chi connectivity index (χ2v) is 3.08. The molecule has 2 aromatic heterocycles. The van der Waals surface area contributed by atoms with Crippen LogP contribution in [0.2, 0.25) is 0 Å². The van der Waals surface area contributed by atoms with Gasteiger partial charge >= 0.3 is 5.97 Å². The number of hydrogen-bond donors (Lipinski definition) is 2. The Kier molecular flexibility index (Phi) is 1.89. The van der Waals surface area contributed by atoms with Crippen LogP contribution >= 0.6 is 0 Å². The van der Waals surface area contributed by atoms with Crippen LogP contribution < -0.4 is 0 Å². The number of carboxylic acids is 1. The highest BCUT2D eigenvalue weighted by molar-refractivity contribution is 5.94. The molecule has 0 atom stereocenters. The van der Waals surface area contributed by atoms with Crippen molar-refractivity contribution in [2.75, 3.05) is 0 Å². The van der Waals surface area contributed by atoms with Gasteiger partial charge in [-0.25, -0.2) is 4.79 Å². The first-order chi connectivity index (χ1) is 6.70. The SMILES string of the molecule is Cn1cccc1-c1[nH]ccc1C(=O)O. The van der Waals surface area contributed by atoms with Gasteiger partial charge in [-0.2, -0.15) is 0 Å². The zero-order valence-corrected chi connectivity index (χ0v) is 7.69. The first-order valence-electron chi connectivity index (χ1n) is 4.22. The van der Waals surface area contributed by atoms with E-state index < -0.39 is 5.97 Å². The van der Waals surface area contributed by atoms with Crippen LogP contribution in [0.3, 0.4) is 0 Å². The first-order valence-corrected chi connectivity index (χ1v) is 4.22. The van der Waals surface area contributed by atoms with Crippen LogP contribution in [-0.4, -0.2) is 20.6 Å². The van der Waals surface area contributed by atoms with Crippen LogP contribution in [0.4, 0.5) is 0 Å². The maximum absolute atomic E-state index is 10.9. The zero-order chi connectivity index (χ0) is 10.1. The van der Waals surface area contributed by atoms with Crippen molar-refractivity contribution in [1.82, 2.24) is 9.55 Å². The quantitative estimate of drug-likeness (QED) is 0.757. The summed E-state index contributed by atoms with van der Waals surface area (Å²) in [6, 6.07) is 5.31. The van der Waals surface area contributed by atoms with Gasteiger partial charge in [0.1, 0.15) is 0 Å². The van der Waals surface area contributed by atoms with Crippen molar-refractivity contribution in [2.24, 2.45) is 7.05 Å². The molecule has 72 valence electrons. The number of nitrogens with zero attached hydrogens (tertiary/aromatic N) is 1. The van der Waals surface area contributed by atoms with Gasteiger partial charge in [-0.3, -0.25) is 0 Å². The number of hydrogen-bond acceptors (Lipinski definition) is 1. The van der Waals surface area contributed by atoms with E-state index in [0.29, 0.717) is 11.3 Å². The molecule has 0 aliphatic carbocycles. The summed E-state index contributed by atoms with van der Waals surface area (Å²) in [5, 5.41) is 8.91. The van der Waals surface area contributed by atoms with E-state index in [1.165, 1.54) is 0 Å². The Morgan fingerprint density at radius 2 is 2.29 bits per heavy atom. The second kappa shape index (κ2) is 3.06. The van der Waals surface area contributed by atoms with Crippen molar-refractivity contribution < 1.29 is 9.90 Å². The molecular formula is C10H10N2O2. The maximum atomic E-state index is 10.9. The molecule has 14 heavy (non-hydrogen) atoms. The normalized spacial score (nSPS) is 10.4. The van der Waals surface area contributed by atoms with Crippen LogP contribution in [0.25, 0.3) is 11.4 Å². The summed E-state index contributed by atoms with van der Waals surface area (Å²) >= 11 is 0. The molecule has 0 saturated heterocycles. The number of nitrogens with one attached hydrogen (secondary N) is 1. The maximum Gasteiger partial charge on any atom is 0.337 e. The minimum absolute atomic E-state index is 0.298. The average molecular weight is 190 g/mol. The van der Waals surface area contributed by atoms with Gasteiger partial charge in [-0.1, -0.05) is 0 Å². The monoisotopic (exact) mass is 190 g/mol. The molecule has 0 aliphatic rings. The van der Waals surface area contributed by atoms with Gasteiger partial charge in [0.2, 0.25) is 0 Å². The van der Waals surface area contributed by atoms with E-state index in [9.17, 15) is 4.79 Å². The van der Waals surface area contributed by atoms with Gasteiger partial charge in [-0.15, -0.1) is 0 Å². The van der Waals surface area contributed by atoms with Crippen molar-refractivity contribution in [2.45, 2.75) is 0 Å². The molecule has 4 nitrogen and oxygen atoms in total. The Balaban J connectivity index is 2.57. The van der Waals surface area contributed by atoms with Crippen LogP contribution in [0.5, 0.6) is 0 Å². The summed E-state index contributed by atoms with van der Waals surface area (Å²) in [5.74, 6) is -0.914. The standard InChI is InChI=1S/C10H10N2O2/c1-12-6-2-3-8(12)9-7(10(13)14)4-5-11-9/h2-6,11H,1H3,(H,13,14). The molecule has 0 amide bonds. The number of aromatic amines is 1. The minimum atomic E-state index is -0.914. The lowest BCUT2D eigenvalue weighted by Crippen LogP contribution is -1.99. The zero-order valence-electron chi connectivity index (χ0n) is 7.69. The number of aryl methyl sites for hydroxylation is 1. The molecule has 0 unspecified atom stereocenters. The second-order valence-electron chi connectivity index (χ2n) is 3.08. The molecule has 0 saturated carbocycles. The summed E-state index contributed by atoms with van der Waals surface area (Å²) in [6.45, 7) is 0. The number of aromatic nitrogens is 2. The highest BCUT2D eigenvalue weighted by Crippen LogP contribution is 2.21. The van der Waals surface area contributed by atoms with Gasteiger partial charge in [0.15, 0.2) is 0 Å². The van der Waals surface area contributed by atoms with Crippen LogP contribution in [0, 0.1) is 0 Å². The van der Waals surface area contributed by atoms with Crippen molar-refractivity contribution in [3.63, 3.8) is 0 Å². The third-order valence-corrected chi connectivity index (χ3v) is 2.18. The van der Waals surface area contributed by atoms with Crippen molar-refractivity contribution >= 4 is 5.97 Å².